The molecule has 0 aromatic heterocycles. The van der Waals surface area contributed by atoms with Gasteiger partial charge in [-0.2, -0.15) is 0 Å². The number of hydrogen-bond donors (Lipinski definition) is 2. The number of urea groups is 1. The number of nitrogens with zero attached hydrogens (tertiary/aromatic N) is 1. The topological polar surface area (TPSA) is 66.6 Å². The minimum absolute atomic E-state index is 0.321. The molecular weight excluding hydrogens is 252 g/mol. The summed E-state index contributed by atoms with van der Waals surface area (Å²) in [6.45, 7) is 4.77. The van der Waals surface area contributed by atoms with Crippen molar-refractivity contribution in [1.82, 2.24) is 5.06 Å². The summed E-state index contributed by atoms with van der Waals surface area (Å²) in [6.07, 6.45) is 3.06. The van der Waals surface area contributed by atoms with E-state index in [2.05, 4.69) is 38.1 Å². The molecule has 0 saturated heterocycles. The number of nitrogens with two attached hydrogens (primary N) is 1. The van der Waals surface area contributed by atoms with E-state index in [4.69, 9.17) is 5.73 Å². The van der Waals surface area contributed by atoms with Crippen LogP contribution in [0.1, 0.15) is 43.7 Å². The SMILES string of the molecule is CC(C)Cc1ccc(C2CC2CCN(O)C(N)=O)cc1. The first kappa shape index (κ1) is 14.9. The Hall–Kier alpha value is -1.55. The Bertz CT molecular complexity index is 456. The molecule has 4 heteroatoms. The van der Waals surface area contributed by atoms with E-state index in [1.54, 1.807) is 0 Å². The molecule has 1 saturated carbocycles. The highest BCUT2D eigenvalue weighted by molar-refractivity contribution is 5.70. The number of rotatable bonds is 6. The van der Waals surface area contributed by atoms with Gasteiger partial charge in [-0.05, 0) is 48.1 Å². The highest BCUT2D eigenvalue weighted by Crippen LogP contribution is 2.49. The third-order valence-corrected chi connectivity index (χ3v) is 3.94. The molecule has 1 aromatic rings. The normalized spacial score (nSPS) is 21.0. The summed E-state index contributed by atoms with van der Waals surface area (Å²) < 4.78 is 0. The lowest BCUT2D eigenvalue weighted by atomic mass is 10.00. The maximum atomic E-state index is 10.7. The molecule has 0 heterocycles. The molecule has 1 aliphatic carbocycles. The first-order chi connectivity index (χ1) is 9.47. The van der Waals surface area contributed by atoms with Crippen LogP contribution in [0.4, 0.5) is 4.79 Å². The number of carbonyl (C=O) groups is 1. The fourth-order valence-electron chi connectivity index (χ4n) is 2.75. The Labute approximate surface area is 120 Å². The summed E-state index contributed by atoms with van der Waals surface area (Å²) in [5.74, 6) is 1.81. The monoisotopic (exact) mass is 276 g/mol. The van der Waals surface area contributed by atoms with Crippen molar-refractivity contribution in [2.24, 2.45) is 17.6 Å². The van der Waals surface area contributed by atoms with Crippen molar-refractivity contribution in [3.05, 3.63) is 35.4 Å². The van der Waals surface area contributed by atoms with Crippen LogP contribution in [0.2, 0.25) is 0 Å². The summed E-state index contributed by atoms with van der Waals surface area (Å²) in [4.78, 5) is 10.7. The number of hydrogen-bond acceptors (Lipinski definition) is 2. The quantitative estimate of drug-likeness (QED) is 0.619. The minimum atomic E-state index is -0.778. The van der Waals surface area contributed by atoms with E-state index in [1.807, 2.05) is 0 Å². The average Bonchev–Trinajstić information content (AvgIpc) is 3.15. The highest BCUT2D eigenvalue weighted by Gasteiger charge is 2.37. The van der Waals surface area contributed by atoms with Crippen molar-refractivity contribution >= 4 is 6.03 Å². The van der Waals surface area contributed by atoms with Gasteiger partial charge in [-0.3, -0.25) is 5.21 Å². The van der Waals surface area contributed by atoms with Crippen molar-refractivity contribution in [3.63, 3.8) is 0 Å². The molecule has 1 aromatic carbocycles. The van der Waals surface area contributed by atoms with Gasteiger partial charge < -0.3 is 5.73 Å². The van der Waals surface area contributed by atoms with Gasteiger partial charge in [-0.25, -0.2) is 9.86 Å². The zero-order valence-electron chi connectivity index (χ0n) is 12.2. The van der Waals surface area contributed by atoms with Crippen LogP contribution in [-0.4, -0.2) is 22.8 Å². The number of carbonyl (C=O) groups excluding carboxylic acids is 1. The summed E-state index contributed by atoms with van der Waals surface area (Å²) >= 11 is 0. The van der Waals surface area contributed by atoms with Crippen molar-refractivity contribution in [3.8, 4) is 0 Å². The maximum Gasteiger partial charge on any atom is 0.338 e. The number of hydroxylamine groups is 2. The Kier molecular flexibility index (Phi) is 4.65. The molecule has 0 bridgehead atoms. The lowest BCUT2D eigenvalue weighted by Crippen LogP contribution is -2.33. The Morgan fingerprint density at radius 1 is 1.40 bits per heavy atom. The van der Waals surface area contributed by atoms with Crippen molar-refractivity contribution in [1.29, 1.82) is 0 Å². The van der Waals surface area contributed by atoms with Crippen LogP contribution in [0.5, 0.6) is 0 Å². The maximum absolute atomic E-state index is 10.7. The van der Waals surface area contributed by atoms with Crippen LogP contribution in [0, 0.1) is 11.8 Å². The lowest BCUT2D eigenvalue weighted by molar-refractivity contribution is -0.0410. The summed E-state index contributed by atoms with van der Waals surface area (Å²) in [6, 6.07) is 8.08. The van der Waals surface area contributed by atoms with Crippen LogP contribution in [0.25, 0.3) is 0 Å². The smallest absolute Gasteiger partial charge is 0.338 e. The molecule has 3 N–H and O–H groups in total. The van der Waals surface area contributed by atoms with E-state index in [0.29, 0.717) is 29.4 Å². The van der Waals surface area contributed by atoms with E-state index in [1.165, 1.54) is 11.1 Å². The zero-order valence-corrected chi connectivity index (χ0v) is 12.2. The molecular formula is C16H24N2O2. The van der Waals surface area contributed by atoms with Gasteiger partial charge in [0.25, 0.3) is 0 Å². The van der Waals surface area contributed by atoms with Crippen LogP contribution < -0.4 is 5.73 Å². The Morgan fingerprint density at radius 2 is 2.05 bits per heavy atom. The van der Waals surface area contributed by atoms with Gasteiger partial charge in [0.15, 0.2) is 0 Å². The zero-order chi connectivity index (χ0) is 14.7. The Balaban J connectivity index is 1.81. The largest absolute Gasteiger partial charge is 0.350 e. The second-order valence-corrected chi connectivity index (χ2v) is 6.19. The summed E-state index contributed by atoms with van der Waals surface area (Å²) in [5.41, 5.74) is 7.73. The lowest BCUT2D eigenvalue weighted by Gasteiger charge is -2.11. The second-order valence-electron chi connectivity index (χ2n) is 6.19. The fourth-order valence-corrected chi connectivity index (χ4v) is 2.75. The van der Waals surface area contributed by atoms with Gasteiger partial charge in [-0.15, -0.1) is 0 Å². The first-order valence-corrected chi connectivity index (χ1v) is 7.32. The van der Waals surface area contributed by atoms with Crippen LogP contribution >= 0.6 is 0 Å². The molecule has 20 heavy (non-hydrogen) atoms. The molecule has 1 aliphatic rings. The fraction of sp³-hybridized carbons (Fsp3) is 0.562. The molecule has 2 rings (SSSR count). The first-order valence-electron chi connectivity index (χ1n) is 7.32. The Morgan fingerprint density at radius 3 is 2.60 bits per heavy atom. The molecule has 2 atom stereocenters. The third-order valence-electron chi connectivity index (χ3n) is 3.94. The average molecular weight is 276 g/mol. The molecule has 1 fully saturated rings. The molecule has 2 amide bonds. The van der Waals surface area contributed by atoms with Crippen molar-refractivity contribution in [2.45, 2.75) is 39.0 Å². The molecule has 110 valence electrons. The van der Waals surface area contributed by atoms with Gasteiger partial charge in [0, 0.05) is 0 Å². The molecule has 2 unspecified atom stereocenters. The standard InChI is InChI=1S/C16H24N2O2/c1-11(2)9-12-3-5-13(6-4-12)15-10-14(15)7-8-18(20)16(17)19/h3-6,11,14-15,20H,7-10H2,1-2H3,(H2,17,19). The van der Waals surface area contributed by atoms with Gasteiger partial charge in [0.05, 0.1) is 6.54 Å². The van der Waals surface area contributed by atoms with Crippen molar-refractivity contribution < 1.29 is 10.0 Å². The predicted molar refractivity (Wildman–Crippen MR) is 78.5 cm³/mol. The van der Waals surface area contributed by atoms with E-state index in [0.717, 1.165) is 19.3 Å². The minimum Gasteiger partial charge on any atom is -0.350 e. The van der Waals surface area contributed by atoms with Gasteiger partial charge >= 0.3 is 6.03 Å². The van der Waals surface area contributed by atoms with Gasteiger partial charge in [-0.1, -0.05) is 38.1 Å². The third kappa shape index (κ3) is 3.97. The van der Waals surface area contributed by atoms with Gasteiger partial charge in [0.2, 0.25) is 0 Å². The van der Waals surface area contributed by atoms with E-state index >= 15 is 0 Å². The van der Waals surface area contributed by atoms with E-state index in [-0.39, 0.29) is 0 Å². The molecule has 4 nitrogen and oxygen atoms in total. The van der Waals surface area contributed by atoms with Crippen LogP contribution in [0.15, 0.2) is 24.3 Å². The summed E-state index contributed by atoms with van der Waals surface area (Å²) in [7, 11) is 0. The van der Waals surface area contributed by atoms with E-state index < -0.39 is 6.03 Å². The van der Waals surface area contributed by atoms with Crippen molar-refractivity contribution in [2.75, 3.05) is 6.54 Å². The molecule has 0 spiro atoms. The van der Waals surface area contributed by atoms with E-state index in [9.17, 15) is 10.0 Å². The van der Waals surface area contributed by atoms with Gasteiger partial charge in [0.1, 0.15) is 0 Å². The van der Waals surface area contributed by atoms with Crippen LogP contribution in [0.3, 0.4) is 0 Å². The predicted octanol–water partition coefficient (Wildman–Crippen LogP) is 3.15. The second kappa shape index (κ2) is 6.27. The number of amides is 2. The number of benzene rings is 1. The highest BCUT2D eigenvalue weighted by atomic mass is 16.5. The molecule has 0 radical (unpaired) electrons. The molecule has 0 aliphatic heterocycles. The van der Waals surface area contributed by atoms with Crippen LogP contribution in [-0.2, 0) is 6.42 Å². The summed E-state index contributed by atoms with van der Waals surface area (Å²) in [5, 5.41) is 9.84. The number of primary amides is 1.